The van der Waals surface area contributed by atoms with E-state index in [1.807, 2.05) is 0 Å². The van der Waals surface area contributed by atoms with E-state index in [2.05, 4.69) is 5.32 Å². The van der Waals surface area contributed by atoms with Gasteiger partial charge < -0.3 is 10.1 Å². The Morgan fingerprint density at radius 3 is 2.39 bits per heavy atom. The van der Waals surface area contributed by atoms with E-state index in [0.717, 1.165) is 19.3 Å². The zero-order valence-electron chi connectivity index (χ0n) is 16.8. The number of hydrogen-bond donors (Lipinski definition) is 1. The minimum absolute atomic E-state index is 0.0369. The molecule has 1 fully saturated rings. The van der Waals surface area contributed by atoms with Crippen molar-refractivity contribution >= 4 is 50.8 Å². The van der Waals surface area contributed by atoms with Gasteiger partial charge in [0.05, 0.1) is 26.2 Å². The average molecular weight is 485 g/mol. The number of nitrogens with zero attached hydrogens (tertiary/aromatic N) is 1. The highest BCUT2D eigenvalue weighted by atomic mass is 35.5. The molecule has 1 atom stereocenters. The minimum atomic E-state index is -3.69. The maximum Gasteiger partial charge on any atom is 0.340 e. The maximum absolute atomic E-state index is 12.9. The predicted molar refractivity (Wildman–Crippen MR) is 119 cm³/mol. The van der Waals surface area contributed by atoms with Crippen LogP contribution in [0.5, 0.6) is 0 Å². The molecule has 0 saturated carbocycles. The Morgan fingerprint density at radius 1 is 1.03 bits per heavy atom. The number of amides is 1. The third kappa shape index (κ3) is 5.57. The molecule has 2 aromatic rings. The topological polar surface area (TPSA) is 92.8 Å². The van der Waals surface area contributed by atoms with Crippen LogP contribution in [0, 0.1) is 0 Å². The molecule has 31 heavy (non-hydrogen) atoms. The van der Waals surface area contributed by atoms with Gasteiger partial charge in [0.2, 0.25) is 10.0 Å². The summed E-state index contributed by atoms with van der Waals surface area (Å²) in [6, 6.07) is 10.4. The number of carbonyl (C=O) groups is 2. The van der Waals surface area contributed by atoms with Crippen molar-refractivity contribution in [2.75, 3.05) is 18.4 Å². The highest BCUT2D eigenvalue weighted by Gasteiger charge is 2.27. The summed E-state index contributed by atoms with van der Waals surface area (Å²) in [6.45, 7) is 2.32. The zero-order valence-corrected chi connectivity index (χ0v) is 19.1. The van der Waals surface area contributed by atoms with Crippen molar-refractivity contribution in [3.8, 4) is 0 Å². The number of nitrogens with one attached hydrogen (secondary N) is 1. The summed E-state index contributed by atoms with van der Waals surface area (Å²) >= 11 is 12.1. The third-order valence-corrected chi connectivity index (χ3v) is 7.45. The molecule has 1 heterocycles. The van der Waals surface area contributed by atoms with Gasteiger partial charge >= 0.3 is 5.97 Å². The van der Waals surface area contributed by atoms with Gasteiger partial charge in [-0.3, -0.25) is 4.79 Å². The molecule has 0 aromatic heterocycles. The molecule has 10 heteroatoms. The normalized spacial score (nSPS) is 15.8. The molecule has 0 bridgehead atoms. The minimum Gasteiger partial charge on any atom is -0.449 e. The van der Waals surface area contributed by atoms with E-state index in [0.29, 0.717) is 13.1 Å². The monoisotopic (exact) mass is 484 g/mol. The Morgan fingerprint density at radius 2 is 1.71 bits per heavy atom. The highest BCUT2D eigenvalue weighted by molar-refractivity contribution is 7.89. The van der Waals surface area contributed by atoms with E-state index < -0.39 is 28.0 Å². The molecule has 1 N–H and O–H groups in total. The summed E-state index contributed by atoms with van der Waals surface area (Å²) in [5.41, 5.74) is 0.252. The summed E-state index contributed by atoms with van der Waals surface area (Å²) in [4.78, 5) is 24.8. The Kier molecular flexibility index (Phi) is 7.59. The van der Waals surface area contributed by atoms with Crippen molar-refractivity contribution in [2.45, 2.75) is 37.2 Å². The molecular formula is C21H22Cl2N2O5S. The summed E-state index contributed by atoms with van der Waals surface area (Å²) in [6.07, 6.45) is 1.45. The quantitative estimate of drug-likeness (QED) is 0.615. The molecule has 1 saturated heterocycles. The molecule has 1 aliphatic rings. The summed E-state index contributed by atoms with van der Waals surface area (Å²) in [7, 11) is -3.69. The van der Waals surface area contributed by atoms with Crippen LogP contribution < -0.4 is 5.32 Å². The molecule has 0 radical (unpaired) electrons. The van der Waals surface area contributed by atoms with E-state index in [4.69, 9.17) is 27.9 Å². The fourth-order valence-electron chi connectivity index (χ4n) is 3.15. The molecule has 7 nitrogen and oxygen atoms in total. The van der Waals surface area contributed by atoms with Crippen LogP contribution in [0.25, 0.3) is 0 Å². The van der Waals surface area contributed by atoms with Crippen molar-refractivity contribution in [3.05, 3.63) is 58.1 Å². The highest BCUT2D eigenvalue weighted by Crippen LogP contribution is 2.28. The first-order chi connectivity index (χ1) is 14.7. The lowest BCUT2D eigenvalue weighted by Gasteiger charge is -2.26. The van der Waals surface area contributed by atoms with Crippen LogP contribution in [0.1, 0.15) is 36.5 Å². The fourth-order valence-corrected chi connectivity index (χ4v) is 5.08. The van der Waals surface area contributed by atoms with E-state index in [9.17, 15) is 18.0 Å². The van der Waals surface area contributed by atoms with Gasteiger partial charge in [-0.05, 0) is 50.1 Å². The number of anilines is 1. The molecular weight excluding hydrogens is 463 g/mol. The van der Waals surface area contributed by atoms with Gasteiger partial charge in [0.25, 0.3) is 5.91 Å². The van der Waals surface area contributed by atoms with E-state index in [-0.39, 0.29) is 26.2 Å². The largest absolute Gasteiger partial charge is 0.449 e. The number of halogens is 2. The fraction of sp³-hybridized carbons (Fsp3) is 0.333. The second-order valence-corrected chi connectivity index (χ2v) is 9.88. The lowest BCUT2D eigenvalue weighted by atomic mass is 10.2. The van der Waals surface area contributed by atoms with Crippen LogP contribution in [-0.2, 0) is 19.6 Å². The van der Waals surface area contributed by atoms with Gasteiger partial charge in [0, 0.05) is 13.1 Å². The summed E-state index contributed by atoms with van der Waals surface area (Å²) in [5.74, 6) is -1.41. The second-order valence-electron chi connectivity index (χ2n) is 7.12. The maximum atomic E-state index is 12.9. The van der Waals surface area contributed by atoms with Gasteiger partial charge in [-0.1, -0.05) is 41.8 Å². The number of benzene rings is 2. The van der Waals surface area contributed by atoms with Crippen LogP contribution in [0.2, 0.25) is 10.0 Å². The molecule has 1 amide bonds. The number of hydrogen-bond acceptors (Lipinski definition) is 5. The molecule has 2 aromatic carbocycles. The first kappa shape index (κ1) is 23.5. The smallest absolute Gasteiger partial charge is 0.340 e. The average Bonchev–Trinajstić information content (AvgIpc) is 2.75. The SMILES string of the molecule is CC(OC(=O)c1ccccc1Cl)C(=O)Nc1cc(S(=O)(=O)N2CCCCC2)ccc1Cl. The zero-order chi connectivity index (χ0) is 22.6. The summed E-state index contributed by atoms with van der Waals surface area (Å²) in [5, 5.41) is 2.90. The molecule has 3 rings (SSSR count). The van der Waals surface area contributed by atoms with E-state index >= 15 is 0 Å². The van der Waals surface area contributed by atoms with Crippen LogP contribution >= 0.6 is 23.2 Å². The number of piperidine rings is 1. The van der Waals surface area contributed by atoms with Crippen molar-refractivity contribution in [2.24, 2.45) is 0 Å². The van der Waals surface area contributed by atoms with Crippen molar-refractivity contribution in [1.82, 2.24) is 4.31 Å². The van der Waals surface area contributed by atoms with Gasteiger partial charge in [-0.25, -0.2) is 13.2 Å². The first-order valence-electron chi connectivity index (χ1n) is 9.76. The molecule has 0 aliphatic carbocycles. The third-order valence-electron chi connectivity index (χ3n) is 4.90. The second kappa shape index (κ2) is 9.99. The Labute approximate surface area is 191 Å². The first-order valence-corrected chi connectivity index (χ1v) is 12.0. The van der Waals surface area contributed by atoms with Crippen molar-refractivity contribution in [1.29, 1.82) is 0 Å². The van der Waals surface area contributed by atoms with Crippen molar-refractivity contribution < 1.29 is 22.7 Å². The molecule has 0 spiro atoms. The number of esters is 1. The van der Waals surface area contributed by atoms with Crippen LogP contribution in [0.15, 0.2) is 47.4 Å². The van der Waals surface area contributed by atoms with Crippen LogP contribution in [-0.4, -0.2) is 43.8 Å². The lowest BCUT2D eigenvalue weighted by Crippen LogP contribution is -2.35. The Hall–Kier alpha value is -2.13. The number of carbonyl (C=O) groups excluding carboxylic acids is 2. The standard InChI is InChI=1S/C21H22Cl2N2O5S/c1-14(30-21(27)16-7-3-4-8-17(16)22)20(26)24-19-13-15(9-10-18(19)23)31(28,29)25-11-5-2-6-12-25/h3-4,7-10,13-14H,2,5-6,11-12H2,1H3,(H,24,26). The number of rotatable bonds is 6. The number of ether oxygens (including phenoxy) is 1. The molecule has 166 valence electrons. The Balaban J connectivity index is 1.73. The van der Waals surface area contributed by atoms with Crippen molar-refractivity contribution in [3.63, 3.8) is 0 Å². The van der Waals surface area contributed by atoms with E-state index in [1.54, 1.807) is 12.1 Å². The lowest BCUT2D eigenvalue weighted by molar-refractivity contribution is -0.123. The van der Waals surface area contributed by atoms with Gasteiger partial charge in [0.15, 0.2) is 6.10 Å². The molecule has 1 aliphatic heterocycles. The Bertz CT molecular complexity index is 1080. The van der Waals surface area contributed by atoms with Crippen LogP contribution in [0.3, 0.4) is 0 Å². The number of sulfonamides is 1. The van der Waals surface area contributed by atoms with Gasteiger partial charge in [-0.2, -0.15) is 4.31 Å². The van der Waals surface area contributed by atoms with Gasteiger partial charge in [0.1, 0.15) is 0 Å². The van der Waals surface area contributed by atoms with Crippen LogP contribution in [0.4, 0.5) is 5.69 Å². The van der Waals surface area contributed by atoms with E-state index in [1.165, 1.54) is 41.6 Å². The molecule has 1 unspecified atom stereocenters. The van der Waals surface area contributed by atoms with Gasteiger partial charge in [-0.15, -0.1) is 0 Å². The summed E-state index contributed by atoms with van der Waals surface area (Å²) < 4.78 is 32.4. The predicted octanol–water partition coefficient (Wildman–Crippen LogP) is 4.35.